The summed E-state index contributed by atoms with van der Waals surface area (Å²) in [4.78, 5) is 11.4. The predicted octanol–water partition coefficient (Wildman–Crippen LogP) is 3.02. The zero-order valence-corrected chi connectivity index (χ0v) is 11.1. The highest BCUT2D eigenvalue weighted by molar-refractivity contribution is 7.99. The van der Waals surface area contributed by atoms with Gasteiger partial charge in [0.05, 0.1) is 0 Å². The van der Waals surface area contributed by atoms with Crippen molar-refractivity contribution in [1.29, 1.82) is 0 Å². The standard InChI is InChI=1S/C13H10F2N2O2S/c14-7-2-3-8(9(15)6-7)11-10(13(18)19)12-17(16-11)4-1-5-20-12/h2-3,6H,1,4-5H2,(H,18,19). The Morgan fingerprint density at radius 3 is 2.90 bits per heavy atom. The van der Waals surface area contributed by atoms with Crippen molar-refractivity contribution in [2.24, 2.45) is 0 Å². The van der Waals surface area contributed by atoms with E-state index in [2.05, 4.69) is 5.10 Å². The molecular formula is C13H10F2N2O2S. The Kier molecular flexibility index (Phi) is 3.21. The van der Waals surface area contributed by atoms with Crippen LogP contribution in [0.5, 0.6) is 0 Å². The molecule has 4 nitrogen and oxygen atoms in total. The second kappa shape index (κ2) is 4.90. The van der Waals surface area contributed by atoms with Crippen LogP contribution in [0.15, 0.2) is 23.2 Å². The molecule has 2 heterocycles. The lowest BCUT2D eigenvalue weighted by atomic mass is 10.1. The lowest BCUT2D eigenvalue weighted by Crippen LogP contribution is -2.09. The molecule has 1 aromatic carbocycles. The minimum Gasteiger partial charge on any atom is -0.478 e. The van der Waals surface area contributed by atoms with Gasteiger partial charge in [-0.05, 0) is 18.6 Å². The Labute approximate surface area is 117 Å². The monoisotopic (exact) mass is 296 g/mol. The Balaban J connectivity index is 2.22. The van der Waals surface area contributed by atoms with Crippen LogP contribution in [-0.2, 0) is 6.54 Å². The third kappa shape index (κ3) is 2.07. The SMILES string of the molecule is O=C(O)c1c(-c2ccc(F)cc2F)nn2c1SCCC2. The van der Waals surface area contributed by atoms with Crippen LogP contribution in [0.2, 0.25) is 0 Å². The highest BCUT2D eigenvalue weighted by Crippen LogP contribution is 2.35. The summed E-state index contributed by atoms with van der Waals surface area (Å²) in [6.45, 7) is 0.603. The third-order valence-corrected chi connectivity index (χ3v) is 4.24. The van der Waals surface area contributed by atoms with E-state index in [0.717, 1.165) is 24.3 Å². The molecule has 0 saturated heterocycles. The molecule has 0 fully saturated rings. The van der Waals surface area contributed by atoms with E-state index in [1.165, 1.54) is 17.8 Å². The third-order valence-electron chi connectivity index (χ3n) is 3.06. The summed E-state index contributed by atoms with van der Waals surface area (Å²) in [5.41, 5.74) is 0.0471. The van der Waals surface area contributed by atoms with Crippen molar-refractivity contribution >= 4 is 17.7 Å². The van der Waals surface area contributed by atoms with Gasteiger partial charge in [0, 0.05) is 23.9 Å². The number of nitrogens with zero attached hydrogens (tertiary/aromatic N) is 2. The van der Waals surface area contributed by atoms with Crippen molar-refractivity contribution in [2.45, 2.75) is 18.0 Å². The summed E-state index contributed by atoms with van der Waals surface area (Å²) in [5, 5.41) is 14.1. The second-order valence-electron chi connectivity index (χ2n) is 4.38. The normalized spacial score (nSPS) is 14.1. The van der Waals surface area contributed by atoms with Crippen LogP contribution in [0.3, 0.4) is 0 Å². The molecule has 0 spiro atoms. The fourth-order valence-electron chi connectivity index (χ4n) is 2.19. The molecule has 0 atom stereocenters. The molecule has 0 aliphatic carbocycles. The average molecular weight is 296 g/mol. The van der Waals surface area contributed by atoms with Crippen LogP contribution in [0.4, 0.5) is 8.78 Å². The summed E-state index contributed by atoms with van der Waals surface area (Å²) in [7, 11) is 0. The number of carboxylic acids is 1. The smallest absolute Gasteiger partial charge is 0.340 e. The number of benzene rings is 1. The minimum atomic E-state index is -1.15. The predicted molar refractivity (Wildman–Crippen MR) is 69.9 cm³/mol. The number of aromatic carboxylic acids is 1. The van der Waals surface area contributed by atoms with Crippen molar-refractivity contribution in [3.05, 3.63) is 35.4 Å². The summed E-state index contributed by atoms with van der Waals surface area (Å²) in [6, 6.07) is 3.04. The van der Waals surface area contributed by atoms with E-state index in [-0.39, 0.29) is 16.8 Å². The number of rotatable bonds is 2. The number of aromatic nitrogens is 2. The Hall–Kier alpha value is -1.89. The van der Waals surface area contributed by atoms with Crippen molar-refractivity contribution in [3.8, 4) is 11.3 Å². The van der Waals surface area contributed by atoms with Gasteiger partial charge in [0.1, 0.15) is 27.9 Å². The largest absolute Gasteiger partial charge is 0.478 e. The molecule has 7 heteroatoms. The number of hydrogen-bond acceptors (Lipinski definition) is 3. The molecule has 20 heavy (non-hydrogen) atoms. The number of carbonyl (C=O) groups is 1. The molecule has 1 aliphatic heterocycles. The maximum atomic E-state index is 13.9. The number of hydrogen-bond donors (Lipinski definition) is 1. The lowest BCUT2D eigenvalue weighted by molar-refractivity contribution is 0.0693. The summed E-state index contributed by atoms with van der Waals surface area (Å²) in [6.07, 6.45) is 0.879. The van der Waals surface area contributed by atoms with Gasteiger partial charge in [0.15, 0.2) is 0 Å². The first kappa shape index (κ1) is 13.1. The van der Waals surface area contributed by atoms with Gasteiger partial charge >= 0.3 is 5.97 Å². The first-order valence-electron chi connectivity index (χ1n) is 6.00. The zero-order valence-electron chi connectivity index (χ0n) is 10.3. The van der Waals surface area contributed by atoms with Crippen LogP contribution in [0.1, 0.15) is 16.8 Å². The quantitative estimate of drug-likeness (QED) is 0.925. The summed E-state index contributed by atoms with van der Waals surface area (Å²) >= 11 is 1.39. The molecule has 0 saturated carbocycles. The molecule has 0 radical (unpaired) electrons. The maximum Gasteiger partial charge on any atom is 0.340 e. The summed E-state index contributed by atoms with van der Waals surface area (Å²) < 4.78 is 28.4. The highest BCUT2D eigenvalue weighted by Gasteiger charge is 2.27. The maximum absolute atomic E-state index is 13.9. The Bertz CT molecular complexity index is 700. The first-order chi connectivity index (χ1) is 9.58. The number of fused-ring (bicyclic) bond motifs is 1. The van der Waals surface area contributed by atoms with Crippen molar-refractivity contribution in [1.82, 2.24) is 9.78 Å². The molecular weight excluding hydrogens is 286 g/mol. The number of halogens is 2. The average Bonchev–Trinajstić information content (AvgIpc) is 2.77. The lowest BCUT2D eigenvalue weighted by Gasteiger charge is -2.12. The Morgan fingerprint density at radius 2 is 2.20 bits per heavy atom. The van der Waals surface area contributed by atoms with Crippen molar-refractivity contribution in [2.75, 3.05) is 5.75 Å². The number of carboxylic acid groups (broad SMARTS) is 1. The van der Waals surface area contributed by atoms with E-state index in [9.17, 15) is 18.7 Å². The van der Waals surface area contributed by atoms with Gasteiger partial charge in [-0.2, -0.15) is 5.10 Å². The van der Waals surface area contributed by atoms with Crippen molar-refractivity contribution < 1.29 is 18.7 Å². The molecule has 1 N–H and O–H groups in total. The molecule has 2 aromatic rings. The number of aryl methyl sites for hydroxylation is 1. The first-order valence-corrected chi connectivity index (χ1v) is 6.99. The van der Waals surface area contributed by atoms with E-state index in [0.29, 0.717) is 11.6 Å². The molecule has 0 unspecified atom stereocenters. The van der Waals surface area contributed by atoms with E-state index < -0.39 is 17.6 Å². The Morgan fingerprint density at radius 1 is 1.40 bits per heavy atom. The molecule has 0 bridgehead atoms. The van der Waals surface area contributed by atoms with E-state index in [1.807, 2.05) is 0 Å². The van der Waals surface area contributed by atoms with Gasteiger partial charge in [-0.1, -0.05) is 0 Å². The fraction of sp³-hybridized carbons (Fsp3) is 0.231. The van der Waals surface area contributed by atoms with Gasteiger partial charge < -0.3 is 5.11 Å². The molecule has 3 rings (SSSR count). The van der Waals surface area contributed by atoms with Crippen LogP contribution in [0.25, 0.3) is 11.3 Å². The topological polar surface area (TPSA) is 55.1 Å². The van der Waals surface area contributed by atoms with Gasteiger partial charge in [-0.3, -0.25) is 4.68 Å². The van der Waals surface area contributed by atoms with Crippen LogP contribution >= 0.6 is 11.8 Å². The van der Waals surface area contributed by atoms with Gasteiger partial charge in [-0.25, -0.2) is 13.6 Å². The van der Waals surface area contributed by atoms with Gasteiger partial charge in [0.25, 0.3) is 0 Å². The molecule has 0 amide bonds. The second-order valence-corrected chi connectivity index (χ2v) is 5.47. The van der Waals surface area contributed by atoms with E-state index in [4.69, 9.17) is 0 Å². The van der Waals surface area contributed by atoms with Crippen LogP contribution in [0, 0.1) is 11.6 Å². The zero-order chi connectivity index (χ0) is 14.3. The van der Waals surface area contributed by atoms with E-state index in [1.54, 1.807) is 4.68 Å². The molecule has 104 valence electrons. The van der Waals surface area contributed by atoms with Crippen molar-refractivity contribution in [3.63, 3.8) is 0 Å². The van der Waals surface area contributed by atoms with E-state index >= 15 is 0 Å². The summed E-state index contributed by atoms with van der Waals surface area (Å²) in [5.74, 6) is -1.87. The molecule has 1 aliphatic rings. The van der Waals surface area contributed by atoms with Crippen LogP contribution < -0.4 is 0 Å². The highest BCUT2D eigenvalue weighted by atomic mass is 32.2. The van der Waals surface area contributed by atoms with Gasteiger partial charge in [0.2, 0.25) is 0 Å². The molecule has 1 aromatic heterocycles. The number of thioether (sulfide) groups is 1. The van der Waals surface area contributed by atoms with Crippen LogP contribution in [-0.4, -0.2) is 26.6 Å². The fourth-order valence-corrected chi connectivity index (χ4v) is 3.27. The minimum absolute atomic E-state index is 0.00583. The van der Waals surface area contributed by atoms with Gasteiger partial charge in [-0.15, -0.1) is 11.8 Å².